The fourth-order valence-corrected chi connectivity index (χ4v) is 5.34. The number of hydrazine groups is 1. The van der Waals surface area contributed by atoms with Gasteiger partial charge in [0.1, 0.15) is 5.60 Å². The number of Topliss-reactive ketones (excluding diaryl/α,β-unsaturated/α-hetero) is 1. The van der Waals surface area contributed by atoms with Crippen LogP contribution in [0.3, 0.4) is 0 Å². The monoisotopic (exact) mass is 663 g/mol. The molecule has 0 unspecified atom stereocenters. The van der Waals surface area contributed by atoms with Crippen LogP contribution in [0, 0.1) is 0 Å². The van der Waals surface area contributed by atoms with E-state index in [9.17, 15) is 19.2 Å². The Bertz CT molecular complexity index is 1510. The summed E-state index contributed by atoms with van der Waals surface area (Å²) < 4.78 is 6.12. The first-order chi connectivity index (χ1) is 20.9. The predicted octanol–water partition coefficient (Wildman–Crippen LogP) is 8.15. The van der Waals surface area contributed by atoms with Gasteiger partial charge in [0.2, 0.25) is 11.8 Å². The van der Waals surface area contributed by atoms with Crippen molar-refractivity contribution in [2.45, 2.75) is 84.2 Å². The summed E-state index contributed by atoms with van der Waals surface area (Å²) in [5.41, 5.74) is 6.74. The number of allylic oxidation sites excluding steroid dienone is 1. The Hall–Kier alpha value is -3.98. The van der Waals surface area contributed by atoms with Crippen molar-refractivity contribution in [3.8, 4) is 0 Å². The highest BCUT2D eigenvalue weighted by Gasteiger charge is 2.19. The number of aryl methyl sites for hydroxylation is 1. The molecule has 0 aliphatic carbocycles. The van der Waals surface area contributed by atoms with Crippen molar-refractivity contribution in [1.29, 1.82) is 0 Å². The minimum Gasteiger partial charge on any atom is -0.443 e. The molecule has 0 aromatic heterocycles. The normalized spacial score (nSPS) is 11.8. The number of nitrogens with one attached hydrogen (secondary N) is 3. The predicted molar refractivity (Wildman–Crippen MR) is 179 cm³/mol. The zero-order chi connectivity index (χ0) is 32.3. The first-order valence-electron chi connectivity index (χ1n) is 14.9. The van der Waals surface area contributed by atoms with Crippen LogP contribution >= 0.6 is 15.9 Å². The van der Waals surface area contributed by atoms with Crippen LogP contribution in [0.2, 0.25) is 0 Å². The zero-order valence-corrected chi connectivity index (χ0v) is 27.5. The number of anilines is 1. The summed E-state index contributed by atoms with van der Waals surface area (Å²) in [5.74, 6) is -0.520. The van der Waals surface area contributed by atoms with E-state index in [2.05, 4.69) is 69.9 Å². The smallest absolute Gasteiger partial charge is 0.426 e. The highest BCUT2D eigenvalue weighted by atomic mass is 79.9. The SMILES string of the molecule is C=CCCCC(=O)Nc1ccc(CCC(=O)NNC(=O)OC(C)(C)C)c(C(=O)CC[C@H](C)c2cc(Br)cc3ccccc23)c1. The minimum absolute atomic E-state index is 0.0315. The van der Waals surface area contributed by atoms with Gasteiger partial charge in [-0.25, -0.2) is 10.2 Å². The minimum atomic E-state index is -0.762. The molecule has 3 amide bonds. The molecule has 3 N–H and O–H groups in total. The lowest BCUT2D eigenvalue weighted by atomic mass is 9.89. The maximum Gasteiger partial charge on any atom is 0.426 e. The molecule has 0 bridgehead atoms. The summed E-state index contributed by atoms with van der Waals surface area (Å²) in [6, 6.07) is 17.6. The third-order valence-corrected chi connectivity index (χ3v) is 7.48. The summed E-state index contributed by atoms with van der Waals surface area (Å²) in [6.07, 6.45) is 4.00. The number of hydrogen-bond donors (Lipinski definition) is 3. The largest absolute Gasteiger partial charge is 0.443 e. The van der Waals surface area contributed by atoms with E-state index in [0.717, 1.165) is 27.2 Å². The van der Waals surface area contributed by atoms with Crippen LogP contribution in [-0.4, -0.2) is 29.3 Å². The molecule has 0 spiro atoms. The van der Waals surface area contributed by atoms with Crippen molar-refractivity contribution in [1.82, 2.24) is 10.9 Å². The second-order valence-electron chi connectivity index (χ2n) is 11.9. The van der Waals surface area contributed by atoms with E-state index in [1.54, 1.807) is 45.0 Å². The van der Waals surface area contributed by atoms with Gasteiger partial charge in [0.05, 0.1) is 0 Å². The second-order valence-corrected chi connectivity index (χ2v) is 12.8. The molecule has 0 saturated carbocycles. The Balaban J connectivity index is 1.73. The van der Waals surface area contributed by atoms with E-state index in [-0.39, 0.29) is 36.9 Å². The molecule has 0 radical (unpaired) electrons. The molecule has 0 aliphatic rings. The molecule has 3 rings (SSSR count). The number of amides is 3. The van der Waals surface area contributed by atoms with Crippen molar-refractivity contribution in [2.75, 3.05) is 5.32 Å². The van der Waals surface area contributed by atoms with Gasteiger partial charge in [-0.1, -0.05) is 59.3 Å². The fraction of sp³-hybridized carbons (Fsp3) is 0.371. The lowest BCUT2D eigenvalue weighted by Gasteiger charge is -2.19. The molecule has 0 aliphatic heterocycles. The number of unbranched alkanes of at least 4 members (excludes halogenated alkanes) is 1. The van der Waals surface area contributed by atoms with Crippen molar-refractivity contribution >= 4 is 56.1 Å². The first kappa shape index (κ1) is 34.5. The molecule has 3 aromatic carbocycles. The zero-order valence-electron chi connectivity index (χ0n) is 25.9. The number of carbonyl (C=O) groups is 4. The maximum absolute atomic E-state index is 13.7. The summed E-state index contributed by atoms with van der Waals surface area (Å²) in [5, 5.41) is 5.17. The Morgan fingerprint density at radius 2 is 1.70 bits per heavy atom. The highest BCUT2D eigenvalue weighted by molar-refractivity contribution is 9.10. The van der Waals surface area contributed by atoms with Gasteiger partial charge in [-0.3, -0.25) is 19.8 Å². The molecule has 0 heterocycles. The van der Waals surface area contributed by atoms with Crippen LogP contribution in [0.4, 0.5) is 10.5 Å². The Labute approximate surface area is 268 Å². The Morgan fingerprint density at radius 3 is 2.43 bits per heavy atom. The Morgan fingerprint density at radius 1 is 0.955 bits per heavy atom. The number of hydrogen-bond acceptors (Lipinski definition) is 5. The van der Waals surface area contributed by atoms with E-state index in [1.807, 2.05) is 12.1 Å². The number of fused-ring (bicyclic) bond motifs is 1. The highest BCUT2D eigenvalue weighted by Crippen LogP contribution is 2.32. The van der Waals surface area contributed by atoms with Gasteiger partial charge in [0.15, 0.2) is 5.78 Å². The quantitative estimate of drug-likeness (QED) is 0.0739. The summed E-state index contributed by atoms with van der Waals surface area (Å²) in [6.45, 7) is 11.0. The van der Waals surface area contributed by atoms with E-state index < -0.39 is 17.6 Å². The lowest BCUT2D eigenvalue weighted by Crippen LogP contribution is -2.44. The van der Waals surface area contributed by atoms with Crippen LogP contribution in [-0.2, 0) is 20.7 Å². The van der Waals surface area contributed by atoms with Gasteiger partial charge in [0.25, 0.3) is 0 Å². The van der Waals surface area contributed by atoms with Crippen LogP contribution < -0.4 is 16.2 Å². The van der Waals surface area contributed by atoms with Crippen LogP contribution in [0.15, 0.2) is 71.7 Å². The third-order valence-electron chi connectivity index (χ3n) is 7.02. The van der Waals surface area contributed by atoms with Crippen molar-refractivity contribution in [2.24, 2.45) is 0 Å². The van der Waals surface area contributed by atoms with Gasteiger partial charge in [0, 0.05) is 35.0 Å². The van der Waals surface area contributed by atoms with Crippen molar-refractivity contribution in [3.05, 3.63) is 88.4 Å². The summed E-state index contributed by atoms with van der Waals surface area (Å²) >= 11 is 3.62. The van der Waals surface area contributed by atoms with E-state index in [4.69, 9.17) is 4.74 Å². The average molecular weight is 665 g/mol. The summed E-state index contributed by atoms with van der Waals surface area (Å²) in [7, 11) is 0. The number of ether oxygens (including phenoxy) is 1. The molecule has 0 saturated heterocycles. The fourth-order valence-electron chi connectivity index (χ4n) is 4.85. The van der Waals surface area contributed by atoms with Crippen molar-refractivity contribution < 1.29 is 23.9 Å². The summed E-state index contributed by atoms with van der Waals surface area (Å²) in [4.78, 5) is 50.5. The molecular weight excluding hydrogens is 622 g/mol. The number of carbonyl (C=O) groups excluding carboxylic acids is 4. The molecule has 1 atom stereocenters. The van der Waals surface area contributed by atoms with Gasteiger partial charge < -0.3 is 10.1 Å². The average Bonchev–Trinajstić information content (AvgIpc) is 2.96. The molecular formula is C35H42BrN3O5. The van der Waals surface area contributed by atoms with E-state index in [1.165, 1.54) is 0 Å². The standard InChI is InChI=1S/C35H42BrN3O5/c1-6-7-8-13-32(41)37-27-17-15-24(16-19-33(42)38-39-34(43)44-35(3,4)5)30(22-27)31(40)18-14-23(2)29-21-26(36)20-25-11-9-10-12-28(25)29/h6,9-12,15,17,20-23H,1,7-8,13-14,16,18-19H2,2-5H3,(H,37,41)(H,38,42)(H,39,43)/t23-/m0/s1. The van der Waals surface area contributed by atoms with Gasteiger partial charge in [-0.2, -0.15) is 0 Å². The Kier molecular flexibility index (Phi) is 12.7. The number of halogens is 1. The number of rotatable bonds is 13. The van der Waals surface area contributed by atoms with Gasteiger partial charge >= 0.3 is 6.09 Å². The molecule has 0 fully saturated rings. The van der Waals surface area contributed by atoms with Crippen molar-refractivity contribution in [3.63, 3.8) is 0 Å². The van der Waals surface area contributed by atoms with Gasteiger partial charge in [-0.15, -0.1) is 6.58 Å². The van der Waals surface area contributed by atoms with Crippen LogP contribution in [0.1, 0.15) is 93.6 Å². The molecule has 234 valence electrons. The maximum atomic E-state index is 13.7. The molecule has 44 heavy (non-hydrogen) atoms. The second kappa shape index (κ2) is 16.2. The number of benzene rings is 3. The molecule has 9 heteroatoms. The molecule has 8 nitrogen and oxygen atoms in total. The van der Waals surface area contributed by atoms with Crippen LogP contribution in [0.5, 0.6) is 0 Å². The molecule has 3 aromatic rings. The first-order valence-corrected chi connectivity index (χ1v) is 15.7. The van der Waals surface area contributed by atoms with E-state index >= 15 is 0 Å². The number of ketones is 1. The third kappa shape index (κ3) is 10.9. The van der Waals surface area contributed by atoms with Gasteiger partial charge in [-0.05, 0) is 98.5 Å². The van der Waals surface area contributed by atoms with Crippen LogP contribution in [0.25, 0.3) is 10.8 Å². The lowest BCUT2D eigenvalue weighted by molar-refractivity contribution is -0.122. The topological polar surface area (TPSA) is 114 Å². The van der Waals surface area contributed by atoms with E-state index in [0.29, 0.717) is 36.1 Å².